The van der Waals surface area contributed by atoms with Crippen LogP contribution in [0.25, 0.3) is 0 Å². The number of phenolic OH excluding ortho intramolecular Hbond substituents is 2. The zero-order valence-corrected chi connectivity index (χ0v) is 24.3. The number of alkyl halides is 6. The van der Waals surface area contributed by atoms with Crippen LogP contribution >= 0.6 is 0 Å². The average Bonchev–Trinajstić information content (AvgIpc) is 3.19. The van der Waals surface area contributed by atoms with Crippen molar-refractivity contribution in [3.63, 3.8) is 0 Å². The Balaban J connectivity index is 1.84. The molecule has 3 rings (SSSR count). The number of imide groups is 1. The first kappa shape index (κ1) is 34.5. The van der Waals surface area contributed by atoms with E-state index in [1.54, 1.807) is 20.8 Å². The Morgan fingerprint density at radius 3 is 1.93 bits per heavy atom. The van der Waals surface area contributed by atoms with E-state index < -0.39 is 52.5 Å². The first-order valence-corrected chi connectivity index (χ1v) is 13.9. The maximum absolute atomic E-state index is 13.6. The van der Waals surface area contributed by atoms with E-state index in [1.165, 1.54) is 30.4 Å². The Labute approximate surface area is 249 Å². The molecular formula is C30H34F6N2O6. The zero-order valence-electron chi connectivity index (χ0n) is 24.3. The van der Waals surface area contributed by atoms with Crippen LogP contribution in [0.3, 0.4) is 0 Å². The minimum Gasteiger partial charge on any atom is -0.504 e. The largest absolute Gasteiger partial charge is 0.504 e. The smallest absolute Gasteiger partial charge is 0.430 e. The highest BCUT2D eigenvalue weighted by atomic mass is 19.4. The predicted octanol–water partition coefficient (Wildman–Crippen LogP) is 6.11. The summed E-state index contributed by atoms with van der Waals surface area (Å²) in [6, 6.07) is 4.41. The summed E-state index contributed by atoms with van der Waals surface area (Å²) in [5.41, 5.74) is -7.50. The molecule has 2 aromatic carbocycles. The summed E-state index contributed by atoms with van der Waals surface area (Å²) in [6.45, 7) is 4.65. The molecule has 1 unspecified atom stereocenters. The number of aryl methyl sites for hydroxylation is 2. The van der Waals surface area contributed by atoms with Gasteiger partial charge in [0.25, 0.3) is 11.5 Å². The van der Waals surface area contributed by atoms with Gasteiger partial charge in [0.2, 0.25) is 0 Å². The van der Waals surface area contributed by atoms with Crippen molar-refractivity contribution in [2.45, 2.75) is 76.4 Å². The molecule has 44 heavy (non-hydrogen) atoms. The molecule has 4 N–H and O–H groups in total. The van der Waals surface area contributed by atoms with Gasteiger partial charge in [0.05, 0.1) is 0 Å². The number of halogens is 6. The number of urea groups is 1. The van der Waals surface area contributed by atoms with Gasteiger partial charge in [-0.3, -0.25) is 9.69 Å². The molecule has 1 heterocycles. The molecule has 0 radical (unpaired) electrons. The van der Waals surface area contributed by atoms with E-state index in [4.69, 9.17) is 4.74 Å². The molecule has 8 nitrogen and oxygen atoms in total. The van der Waals surface area contributed by atoms with Gasteiger partial charge < -0.3 is 25.4 Å². The maximum Gasteiger partial charge on any atom is 0.430 e. The summed E-state index contributed by atoms with van der Waals surface area (Å²) in [6.07, 6.45) is -8.16. The van der Waals surface area contributed by atoms with Crippen LogP contribution in [-0.2, 0) is 28.8 Å². The molecule has 1 saturated heterocycles. The third-order valence-electron chi connectivity index (χ3n) is 7.47. The van der Waals surface area contributed by atoms with Gasteiger partial charge in [-0.1, -0.05) is 45.8 Å². The van der Waals surface area contributed by atoms with Crippen LogP contribution < -0.4 is 10.1 Å². The Kier molecular flexibility index (Phi) is 10.2. The van der Waals surface area contributed by atoms with E-state index in [1.807, 2.05) is 0 Å². The summed E-state index contributed by atoms with van der Waals surface area (Å²) in [4.78, 5) is 26.9. The zero-order chi connectivity index (χ0) is 33.1. The van der Waals surface area contributed by atoms with Gasteiger partial charge in [0, 0.05) is 12.1 Å². The van der Waals surface area contributed by atoms with E-state index in [0.29, 0.717) is 25.0 Å². The number of nitrogens with zero attached hydrogens (tertiary/aromatic N) is 1. The summed E-state index contributed by atoms with van der Waals surface area (Å²) < 4.78 is 87.4. The van der Waals surface area contributed by atoms with Gasteiger partial charge in [-0.2, -0.15) is 26.3 Å². The van der Waals surface area contributed by atoms with Crippen molar-refractivity contribution in [3.8, 4) is 17.2 Å². The molecule has 242 valence electrons. The fraction of sp³-hybridized carbons (Fsp3) is 0.467. The van der Waals surface area contributed by atoms with Crippen molar-refractivity contribution in [1.82, 2.24) is 10.2 Å². The van der Waals surface area contributed by atoms with Crippen LogP contribution in [0.1, 0.15) is 62.3 Å². The minimum absolute atomic E-state index is 0.0627. The Hall–Kier alpha value is -3.94. The number of benzene rings is 2. The molecule has 14 heteroatoms. The highest BCUT2D eigenvalue weighted by Crippen LogP contribution is 2.51. The molecular weight excluding hydrogens is 598 g/mol. The van der Waals surface area contributed by atoms with Gasteiger partial charge >= 0.3 is 18.4 Å². The molecule has 0 spiro atoms. The lowest BCUT2D eigenvalue weighted by atomic mass is 9.87. The lowest BCUT2D eigenvalue weighted by Gasteiger charge is -2.33. The van der Waals surface area contributed by atoms with Gasteiger partial charge in [-0.05, 0) is 66.3 Å². The van der Waals surface area contributed by atoms with Gasteiger partial charge in [-0.15, -0.1) is 0 Å². The highest BCUT2D eigenvalue weighted by Gasteiger charge is 2.71. The minimum atomic E-state index is -6.03. The SMILES string of the molecule is CCCc1cc(C(O)(C(F)(F)F)C(F)(F)F)cc(CCC)c1OC/C=C\CN1C(=O)NC(CC)(c2ccc(O)c(O)c2)C1=O. The monoisotopic (exact) mass is 632 g/mol. The summed E-state index contributed by atoms with van der Waals surface area (Å²) in [5, 5.41) is 32.1. The highest BCUT2D eigenvalue weighted by molar-refractivity contribution is 6.07. The number of hydrogen-bond donors (Lipinski definition) is 4. The number of hydrogen-bond acceptors (Lipinski definition) is 6. The van der Waals surface area contributed by atoms with Crippen LogP contribution in [0.4, 0.5) is 31.1 Å². The Morgan fingerprint density at radius 2 is 1.45 bits per heavy atom. The van der Waals surface area contributed by atoms with E-state index in [0.717, 1.165) is 4.90 Å². The topological polar surface area (TPSA) is 119 Å². The van der Waals surface area contributed by atoms with Gasteiger partial charge in [0.1, 0.15) is 17.9 Å². The number of nitrogens with one attached hydrogen (secondary N) is 1. The second kappa shape index (κ2) is 13.0. The van der Waals surface area contributed by atoms with Crippen molar-refractivity contribution in [2.75, 3.05) is 13.2 Å². The number of carbonyl (C=O) groups excluding carboxylic acids is 2. The second-order valence-electron chi connectivity index (χ2n) is 10.4. The van der Waals surface area contributed by atoms with Crippen molar-refractivity contribution in [2.24, 2.45) is 0 Å². The first-order chi connectivity index (χ1) is 20.5. The molecule has 1 aliphatic heterocycles. The maximum atomic E-state index is 13.6. The number of rotatable bonds is 12. The quantitative estimate of drug-likeness (QED) is 0.0971. The normalized spacial score (nSPS) is 17.9. The van der Waals surface area contributed by atoms with Crippen LogP contribution in [0.15, 0.2) is 42.5 Å². The second-order valence-corrected chi connectivity index (χ2v) is 10.4. The van der Waals surface area contributed by atoms with E-state index >= 15 is 0 Å². The van der Waals surface area contributed by atoms with Gasteiger partial charge in [0.15, 0.2) is 11.5 Å². The Morgan fingerprint density at radius 1 is 0.886 bits per heavy atom. The van der Waals surface area contributed by atoms with Gasteiger partial charge in [-0.25, -0.2) is 4.79 Å². The van der Waals surface area contributed by atoms with E-state index in [-0.39, 0.29) is 54.9 Å². The molecule has 0 aliphatic carbocycles. The van der Waals surface area contributed by atoms with Crippen LogP contribution in [-0.4, -0.2) is 57.7 Å². The van der Waals surface area contributed by atoms with Crippen LogP contribution in [0.2, 0.25) is 0 Å². The number of amides is 3. The molecule has 0 aromatic heterocycles. The summed E-state index contributed by atoms with van der Waals surface area (Å²) in [5.74, 6) is -1.37. The van der Waals surface area contributed by atoms with E-state index in [9.17, 15) is 51.3 Å². The van der Waals surface area contributed by atoms with Crippen LogP contribution in [0.5, 0.6) is 17.2 Å². The number of carbonyl (C=O) groups is 2. The number of aliphatic hydroxyl groups is 1. The third kappa shape index (κ3) is 6.30. The number of phenols is 2. The van der Waals surface area contributed by atoms with Crippen molar-refractivity contribution in [3.05, 3.63) is 64.7 Å². The number of ether oxygens (including phenoxy) is 1. The lowest BCUT2D eigenvalue weighted by molar-refractivity contribution is -0.376. The third-order valence-corrected chi connectivity index (χ3v) is 7.47. The molecule has 0 saturated carbocycles. The molecule has 0 bridgehead atoms. The number of aromatic hydroxyl groups is 2. The first-order valence-electron chi connectivity index (χ1n) is 13.9. The van der Waals surface area contributed by atoms with Crippen molar-refractivity contribution < 1.29 is 56.0 Å². The van der Waals surface area contributed by atoms with Crippen molar-refractivity contribution >= 4 is 11.9 Å². The van der Waals surface area contributed by atoms with Crippen molar-refractivity contribution in [1.29, 1.82) is 0 Å². The standard InChI is InChI=1S/C30H34F6N2O6/c1-4-9-18-15-21(28(43,29(31,32)33)30(34,35)36)16-19(10-5-2)24(18)44-14-8-7-13-38-25(41)27(6-3,37-26(38)42)20-11-12-22(39)23(40)17-20/h7-8,11-12,15-17,39-40,43H,4-6,9-10,13-14H2,1-3H3,(H,37,42)/b8-7-. The molecule has 1 aliphatic rings. The van der Waals surface area contributed by atoms with E-state index in [2.05, 4.69) is 5.32 Å². The fourth-order valence-electron chi connectivity index (χ4n) is 5.15. The molecule has 1 atom stereocenters. The summed E-state index contributed by atoms with van der Waals surface area (Å²) in [7, 11) is 0. The Bertz CT molecular complexity index is 1370. The molecule has 3 amide bonds. The molecule has 2 aromatic rings. The predicted molar refractivity (Wildman–Crippen MR) is 147 cm³/mol. The average molecular weight is 633 g/mol. The molecule has 1 fully saturated rings. The summed E-state index contributed by atoms with van der Waals surface area (Å²) >= 11 is 0. The lowest BCUT2D eigenvalue weighted by Crippen LogP contribution is -2.54. The van der Waals surface area contributed by atoms with Crippen LogP contribution in [0, 0.1) is 0 Å². The fourth-order valence-corrected chi connectivity index (χ4v) is 5.15.